The number of carbonyl (C=O) groups excluding carboxylic acids is 1. The van der Waals surface area contributed by atoms with Crippen LogP contribution in [0.1, 0.15) is 20.9 Å². The summed E-state index contributed by atoms with van der Waals surface area (Å²) < 4.78 is 0. The van der Waals surface area contributed by atoms with Crippen molar-refractivity contribution in [1.82, 2.24) is 14.9 Å². The second kappa shape index (κ2) is 6.37. The third-order valence-corrected chi connectivity index (χ3v) is 5.12. The van der Waals surface area contributed by atoms with Gasteiger partial charge in [0.25, 0.3) is 5.91 Å². The van der Waals surface area contributed by atoms with Crippen LogP contribution in [0, 0.1) is 6.92 Å². The number of hydrogen-bond acceptors (Lipinski definition) is 5. The van der Waals surface area contributed by atoms with Gasteiger partial charge in [-0.15, -0.1) is 11.3 Å². The SMILES string of the molecule is Cc1nc(-c2ccccn2)sc1C(=O)N(C)Cc1ccsc1. The second-order valence-corrected chi connectivity index (χ2v) is 6.72. The van der Waals surface area contributed by atoms with Crippen LogP contribution in [0.4, 0.5) is 0 Å². The number of hydrogen-bond donors (Lipinski definition) is 0. The highest BCUT2D eigenvalue weighted by Gasteiger charge is 2.20. The van der Waals surface area contributed by atoms with Gasteiger partial charge in [-0.05, 0) is 41.4 Å². The van der Waals surface area contributed by atoms with E-state index >= 15 is 0 Å². The molecule has 3 heterocycles. The number of amides is 1. The number of carbonyl (C=O) groups is 1. The Kier molecular flexibility index (Phi) is 4.31. The molecule has 0 aliphatic heterocycles. The molecule has 0 N–H and O–H groups in total. The van der Waals surface area contributed by atoms with E-state index in [0.29, 0.717) is 11.4 Å². The quantitative estimate of drug-likeness (QED) is 0.730. The summed E-state index contributed by atoms with van der Waals surface area (Å²) >= 11 is 3.04. The van der Waals surface area contributed by atoms with Crippen molar-refractivity contribution < 1.29 is 4.79 Å². The molecule has 3 rings (SSSR count). The van der Waals surface area contributed by atoms with E-state index in [2.05, 4.69) is 15.3 Å². The summed E-state index contributed by atoms with van der Waals surface area (Å²) in [6, 6.07) is 7.73. The molecule has 0 saturated heterocycles. The fourth-order valence-corrected chi connectivity index (χ4v) is 3.79. The van der Waals surface area contributed by atoms with Crippen molar-refractivity contribution in [1.29, 1.82) is 0 Å². The standard InChI is InChI=1S/C16H15N3OS2/c1-11-14(16(20)19(2)9-12-6-8-21-10-12)22-15(18-11)13-5-3-4-7-17-13/h3-8,10H,9H2,1-2H3. The van der Waals surface area contributed by atoms with Crippen molar-refractivity contribution >= 4 is 28.6 Å². The minimum Gasteiger partial charge on any atom is -0.337 e. The van der Waals surface area contributed by atoms with Gasteiger partial charge < -0.3 is 4.90 Å². The number of rotatable bonds is 4. The molecule has 0 aliphatic carbocycles. The molecule has 0 unspecified atom stereocenters. The summed E-state index contributed by atoms with van der Waals surface area (Å²) in [4.78, 5) is 23.8. The van der Waals surface area contributed by atoms with Gasteiger partial charge in [0, 0.05) is 19.8 Å². The minimum absolute atomic E-state index is 0.00313. The van der Waals surface area contributed by atoms with Crippen LogP contribution in [0.3, 0.4) is 0 Å². The Morgan fingerprint density at radius 2 is 2.18 bits per heavy atom. The zero-order valence-corrected chi connectivity index (χ0v) is 13.9. The molecule has 0 aromatic carbocycles. The van der Waals surface area contributed by atoms with Crippen molar-refractivity contribution in [3.05, 3.63) is 57.4 Å². The van der Waals surface area contributed by atoms with Crippen LogP contribution in [0.5, 0.6) is 0 Å². The Labute approximate surface area is 137 Å². The number of aromatic nitrogens is 2. The molecule has 1 amide bonds. The zero-order chi connectivity index (χ0) is 15.5. The molecular weight excluding hydrogens is 314 g/mol. The van der Waals surface area contributed by atoms with Crippen LogP contribution < -0.4 is 0 Å². The van der Waals surface area contributed by atoms with Crippen LogP contribution in [0.2, 0.25) is 0 Å². The van der Waals surface area contributed by atoms with E-state index in [1.807, 2.05) is 43.6 Å². The van der Waals surface area contributed by atoms with Gasteiger partial charge in [-0.1, -0.05) is 6.07 Å². The molecule has 3 aromatic heterocycles. The normalized spacial score (nSPS) is 10.6. The zero-order valence-electron chi connectivity index (χ0n) is 12.3. The van der Waals surface area contributed by atoms with Crippen molar-refractivity contribution in [3.63, 3.8) is 0 Å². The Bertz CT molecular complexity index is 766. The first-order chi connectivity index (χ1) is 10.6. The van der Waals surface area contributed by atoms with E-state index in [9.17, 15) is 4.79 Å². The predicted octanol–water partition coefficient (Wildman–Crippen LogP) is 3.85. The first-order valence-corrected chi connectivity index (χ1v) is 8.56. The van der Waals surface area contributed by atoms with E-state index in [1.165, 1.54) is 11.3 Å². The molecule has 0 radical (unpaired) electrons. The molecule has 22 heavy (non-hydrogen) atoms. The number of aryl methyl sites for hydroxylation is 1. The number of pyridine rings is 1. The fraction of sp³-hybridized carbons (Fsp3) is 0.188. The lowest BCUT2D eigenvalue weighted by molar-refractivity contribution is 0.0789. The van der Waals surface area contributed by atoms with E-state index in [0.717, 1.165) is 22.0 Å². The molecule has 6 heteroatoms. The molecule has 0 fully saturated rings. The summed E-state index contributed by atoms with van der Waals surface area (Å²) in [6.07, 6.45) is 1.73. The Morgan fingerprint density at radius 3 is 2.86 bits per heavy atom. The summed E-state index contributed by atoms with van der Waals surface area (Å²) in [5, 5.41) is 4.86. The van der Waals surface area contributed by atoms with Crippen molar-refractivity contribution in [2.24, 2.45) is 0 Å². The molecule has 112 valence electrons. The second-order valence-electron chi connectivity index (χ2n) is 4.94. The van der Waals surface area contributed by atoms with Crippen LogP contribution in [-0.2, 0) is 6.54 Å². The van der Waals surface area contributed by atoms with Gasteiger partial charge in [0.15, 0.2) is 0 Å². The minimum atomic E-state index is 0.00313. The van der Waals surface area contributed by atoms with Gasteiger partial charge in [0.1, 0.15) is 9.88 Å². The van der Waals surface area contributed by atoms with E-state index in [1.54, 1.807) is 22.4 Å². The third-order valence-electron chi connectivity index (χ3n) is 3.22. The highest BCUT2D eigenvalue weighted by atomic mass is 32.1. The van der Waals surface area contributed by atoms with Crippen LogP contribution >= 0.6 is 22.7 Å². The van der Waals surface area contributed by atoms with Crippen molar-refractivity contribution in [2.45, 2.75) is 13.5 Å². The molecule has 0 spiro atoms. The Morgan fingerprint density at radius 1 is 1.32 bits per heavy atom. The maximum atomic E-state index is 12.6. The molecule has 4 nitrogen and oxygen atoms in total. The highest BCUT2D eigenvalue weighted by Crippen LogP contribution is 2.27. The molecule has 3 aromatic rings. The van der Waals surface area contributed by atoms with Gasteiger partial charge >= 0.3 is 0 Å². The van der Waals surface area contributed by atoms with Crippen molar-refractivity contribution in [2.75, 3.05) is 7.05 Å². The number of thiazole rings is 1. The fourth-order valence-electron chi connectivity index (χ4n) is 2.10. The monoisotopic (exact) mass is 329 g/mol. The Balaban J connectivity index is 1.82. The topological polar surface area (TPSA) is 46.1 Å². The van der Waals surface area contributed by atoms with Gasteiger partial charge in [0.2, 0.25) is 0 Å². The number of thiophene rings is 1. The van der Waals surface area contributed by atoms with Gasteiger partial charge in [-0.2, -0.15) is 11.3 Å². The number of nitrogens with zero attached hydrogens (tertiary/aromatic N) is 3. The van der Waals surface area contributed by atoms with Gasteiger partial charge in [-0.3, -0.25) is 9.78 Å². The summed E-state index contributed by atoms with van der Waals surface area (Å²) in [7, 11) is 1.82. The summed E-state index contributed by atoms with van der Waals surface area (Å²) in [6.45, 7) is 2.48. The first-order valence-electron chi connectivity index (χ1n) is 6.80. The molecule has 0 aliphatic rings. The van der Waals surface area contributed by atoms with Crippen molar-refractivity contribution in [3.8, 4) is 10.7 Å². The first kappa shape index (κ1) is 14.9. The molecular formula is C16H15N3OS2. The van der Waals surface area contributed by atoms with Crippen LogP contribution in [-0.4, -0.2) is 27.8 Å². The Hall–Kier alpha value is -2.05. The van der Waals surface area contributed by atoms with Crippen LogP contribution in [0.15, 0.2) is 41.2 Å². The third kappa shape index (κ3) is 3.08. The molecule has 0 bridgehead atoms. The maximum absolute atomic E-state index is 12.6. The smallest absolute Gasteiger partial charge is 0.265 e. The molecule has 0 saturated carbocycles. The van der Waals surface area contributed by atoms with Gasteiger partial charge in [0.05, 0.1) is 11.4 Å². The lowest BCUT2D eigenvalue weighted by Gasteiger charge is -2.15. The summed E-state index contributed by atoms with van der Waals surface area (Å²) in [5.74, 6) is 0.00313. The molecule has 0 atom stereocenters. The van der Waals surface area contributed by atoms with E-state index in [-0.39, 0.29) is 5.91 Å². The maximum Gasteiger partial charge on any atom is 0.265 e. The lowest BCUT2D eigenvalue weighted by atomic mass is 10.3. The van der Waals surface area contributed by atoms with Gasteiger partial charge in [-0.25, -0.2) is 4.98 Å². The average molecular weight is 329 g/mol. The van der Waals surface area contributed by atoms with E-state index in [4.69, 9.17) is 0 Å². The van der Waals surface area contributed by atoms with E-state index < -0.39 is 0 Å². The summed E-state index contributed by atoms with van der Waals surface area (Å²) in [5.41, 5.74) is 2.70. The highest BCUT2D eigenvalue weighted by molar-refractivity contribution is 7.17. The lowest BCUT2D eigenvalue weighted by Crippen LogP contribution is -2.25. The average Bonchev–Trinajstić information content (AvgIpc) is 3.17. The largest absolute Gasteiger partial charge is 0.337 e. The van der Waals surface area contributed by atoms with Crippen LogP contribution in [0.25, 0.3) is 10.7 Å². The predicted molar refractivity (Wildman–Crippen MR) is 90.2 cm³/mol.